The monoisotopic (exact) mass is 288 g/mol. The van der Waals surface area contributed by atoms with Gasteiger partial charge in [0, 0.05) is 16.4 Å². The van der Waals surface area contributed by atoms with Gasteiger partial charge in [-0.2, -0.15) is 0 Å². The molecule has 0 fully saturated rings. The van der Waals surface area contributed by atoms with Crippen LogP contribution in [0.3, 0.4) is 0 Å². The summed E-state index contributed by atoms with van der Waals surface area (Å²) in [7, 11) is 0. The van der Waals surface area contributed by atoms with Crippen molar-refractivity contribution in [3.05, 3.63) is 58.6 Å². The third kappa shape index (κ3) is 4.00. The van der Waals surface area contributed by atoms with Gasteiger partial charge in [0.05, 0.1) is 6.54 Å². The fourth-order valence-electron chi connectivity index (χ4n) is 1.96. The number of carbonyl (C=O) groups is 1. The quantitative estimate of drug-likeness (QED) is 0.892. The smallest absolute Gasteiger partial charge is 0.243 e. The Labute approximate surface area is 124 Å². The van der Waals surface area contributed by atoms with E-state index in [0.29, 0.717) is 10.7 Å². The maximum atomic E-state index is 11.9. The molecule has 0 bridgehead atoms. The van der Waals surface area contributed by atoms with E-state index in [9.17, 15) is 4.79 Å². The SMILES string of the molecule is Cc1ccc(NCC(=O)Nc2cccc(Cl)c2)c(C)c1. The lowest BCUT2D eigenvalue weighted by Gasteiger charge is -2.10. The van der Waals surface area contributed by atoms with Crippen LogP contribution < -0.4 is 10.6 Å². The molecule has 2 rings (SSSR count). The zero-order valence-electron chi connectivity index (χ0n) is 11.5. The summed E-state index contributed by atoms with van der Waals surface area (Å²) >= 11 is 5.87. The second-order valence-corrected chi connectivity index (χ2v) is 5.17. The number of nitrogens with one attached hydrogen (secondary N) is 2. The Morgan fingerprint density at radius 2 is 1.95 bits per heavy atom. The fourth-order valence-corrected chi connectivity index (χ4v) is 2.15. The largest absolute Gasteiger partial charge is 0.376 e. The number of hydrogen-bond acceptors (Lipinski definition) is 2. The molecule has 20 heavy (non-hydrogen) atoms. The Kier molecular flexibility index (Phi) is 4.64. The van der Waals surface area contributed by atoms with Gasteiger partial charge >= 0.3 is 0 Å². The molecule has 0 radical (unpaired) electrons. The van der Waals surface area contributed by atoms with Crippen LogP contribution in [0.25, 0.3) is 0 Å². The lowest BCUT2D eigenvalue weighted by molar-refractivity contribution is -0.114. The van der Waals surface area contributed by atoms with Crippen molar-refractivity contribution < 1.29 is 4.79 Å². The molecule has 0 unspecified atom stereocenters. The van der Waals surface area contributed by atoms with E-state index < -0.39 is 0 Å². The molecule has 104 valence electrons. The van der Waals surface area contributed by atoms with Crippen molar-refractivity contribution in [2.24, 2.45) is 0 Å². The number of halogens is 1. The molecule has 0 atom stereocenters. The number of carbonyl (C=O) groups excluding carboxylic acids is 1. The van der Waals surface area contributed by atoms with Crippen LogP contribution in [0.2, 0.25) is 5.02 Å². The molecular weight excluding hydrogens is 272 g/mol. The van der Waals surface area contributed by atoms with Crippen LogP contribution in [0.1, 0.15) is 11.1 Å². The fraction of sp³-hybridized carbons (Fsp3) is 0.188. The van der Waals surface area contributed by atoms with Gasteiger partial charge in [0.2, 0.25) is 5.91 Å². The maximum absolute atomic E-state index is 11.9. The minimum absolute atomic E-state index is 0.104. The first kappa shape index (κ1) is 14.4. The summed E-state index contributed by atoms with van der Waals surface area (Å²) in [6.45, 7) is 4.28. The van der Waals surface area contributed by atoms with E-state index in [1.165, 1.54) is 5.56 Å². The average Bonchev–Trinajstić information content (AvgIpc) is 2.37. The molecule has 0 aromatic heterocycles. The molecule has 1 amide bonds. The summed E-state index contributed by atoms with van der Waals surface area (Å²) in [5.74, 6) is -0.104. The van der Waals surface area contributed by atoms with Gasteiger partial charge in [-0.15, -0.1) is 0 Å². The van der Waals surface area contributed by atoms with Crippen molar-refractivity contribution in [2.75, 3.05) is 17.2 Å². The highest BCUT2D eigenvalue weighted by atomic mass is 35.5. The van der Waals surface area contributed by atoms with Crippen LogP contribution in [-0.2, 0) is 4.79 Å². The van der Waals surface area contributed by atoms with Crippen LogP contribution in [0.15, 0.2) is 42.5 Å². The summed E-state index contributed by atoms with van der Waals surface area (Å²) < 4.78 is 0. The van der Waals surface area contributed by atoms with E-state index in [1.54, 1.807) is 24.3 Å². The zero-order chi connectivity index (χ0) is 14.5. The molecule has 2 aromatic rings. The van der Waals surface area contributed by atoms with Crippen molar-refractivity contribution in [3.8, 4) is 0 Å². The molecule has 0 aliphatic rings. The Morgan fingerprint density at radius 3 is 2.65 bits per heavy atom. The number of rotatable bonds is 4. The maximum Gasteiger partial charge on any atom is 0.243 e. The second-order valence-electron chi connectivity index (χ2n) is 4.73. The van der Waals surface area contributed by atoms with E-state index >= 15 is 0 Å². The molecule has 3 nitrogen and oxygen atoms in total. The minimum atomic E-state index is -0.104. The molecule has 0 heterocycles. The van der Waals surface area contributed by atoms with Crippen molar-refractivity contribution in [2.45, 2.75) is 13.8 Å². The molecule has 0 aliphatic heterocycles. The van der Waals surface area contributed by atoms with E-state index in [1.807, 2.05) is 26.0 Å². The molecular formula is C16H17ClN2O. The zero-order valence-corrected chi connectivity index (χ0v) is 12.3. The first-order valence-electron chi connectivity index (χ1n) is 6.41. The Balaban J connectivity index is 1.92. The standard InChI is InChI=1S/C16H17ClN2O/c1-11-6-7-15(12(2)8-11)18-10-16(20)19-14-5-3-4-13(17)9-14/h3-9,18H,10H2,1-2H3,(H,19,20). The van der Waals surface area contributed by atoms with Gasteiger partial charge in [-0.25, -0.2) is 0 Å². The predicted octanol–water partition coefficient (Wildman–Crippen LogP) is 4.01. The predicted molar refractivity (Wildman–Crippen MR) is 84.5 cm³/mol. The molecule has 0 aliphatic carbocycles. The van der Waals surface area contributed by atoms with Gasteiger partial charge in [0.15, 0.2) is 0 Å². The molecule has 4 heteroatoms. The second kappa shape index (κ2) is 6.44. The van der Waals surface area contributed by atoms with Crippen LogP contribution in [0, 0.1) is 13.8 Å². The third-order valence-electron chi connectivity index (χ3n) is 2.93. The number of aryl methyl sites for hydroxylation is 2. The van der Waals surface area contributed by atoms with Gasteiger partial charge < -0.3 is 10.6 Å². The normalized spacial score (nSPS) is 10.2. The highest BCUT2D eigenvalue weighted by Gasteiger charge is 2.04. The van der Waals surface area contributed by atoms with Crippen LogP contribution in [0.4, 0.5) is 11.4 Å². The van der Waals surface area contributed by atoms with Crippen molar-refractivity contribution >= 4 is 28.9 Å². The Morgan fingerprint density at radius 1 is 1.15 bits per heavy atom. The van der Waals surface area contributed by atoms with E-state index in [-0.39, 0.29) is 12.5 Å². The Hall–Kier alpha value is -2.00. The van der Waals surface area contributed by atoms with Gasteiger partial charge in [-0.1, -0.05) is 35.4 Å². The summed E-state index contributed by atoms with van der Waals surface area (Å²) in [6.07, 6.45) is 0. The lowest BCUT2D eigenvalue weighted by Crippen LogP contribution is -2.22. The number of hydrogen-bond donors (Lipinski definition) is 2. The van der Waals surface area contributed by atoms with Gasteiger partial charge in [0.1, 0.15) is 0 Å². The molecule has 0 saturated heterocycles. The summed E-state index contributed by atoms with van der Waals surface area (Å²) in [5, 5.41) is 6.53. The topological polar surface area (TPSA) is 41.1 Å². The summed E-state index contributed by atoms with van der Waals surface area (Å²) in [4.78, 5) is 11.9. The van der Waals surface area contributed by atoms with E-state index in [2.05, 4.69) is 16.7 Å². The highest BCUT2D eigenvalue weighted by Crippen LogP contribution is 2.16. The van der Waals surface area contributed by atoms with Crippen molar-refractivity contribution in [3.63, 3.8) is 0 Å². The van der Waals surface area contributed by atoms with Crippen LogP contribution in [0.5, 0.6) is 0 Å². The first-order chi connectivity index (χ1) is 9.54. The minimum Gasteiger partial charge on any atom is -0.376 e. The van der Waals surface area contributed by atoms with E-state index in [4.69, 9.17) is 11.6 Å². The molecule has 2 N–H and O–H groups in total. The van der Waals surface area contributed by atoms with Crippen molar-refractivity contribution in [1.82, 2.24) is 0 Å². The van der Waals surface area contributed by atoms with Crippen LogP contribution in [-0.4, -0.2) is 12.5 Å². The van der Waals surface area contributed by atoms with Gasteiger partial charge in [-0.3, -0.25) is 4.79 Å². The molecule has 0 saturated carbocycles. The van der Waals surface area contributed by atoms with Gasteiger partial charge in [-0.05, 0) is 43.7 Å². The van der Waals surface area contributed by atoms with Crippen molar-refractivity contribution in [1.29, 1.82) is 0 Å². The first-order valence-corrected chi connectivity index (χ1v) is 6.79. The number of amides is 1. The molecule has 2 aromatic carbocycles. The van der Waals surface area contributed by atoms with Gasteiger partial charge in [0.25, 0.3) is 0 Å². The number of anilines is 2. The lowest BCUT2D eigenvalue weighted by atomic mass is 10.1. The third-order valence-corrected chi connectivity index (χ3v) is 3.16. The van der Waals surface area contributed by atoms with E-state index in [0.717, 1.165) is 11.3 Å². The Bertz CT molecular complexity index is 626. The summed E-state index contributed by atoms with van der Waals surface area (Å²) in [6, 6.07) is 13.2. The average molecular weight is 289 g/mol. The summed E-state index contributed by atoms with van der Waals surface area (Å²) in [5.41, 5.74) is 4.00. The van der Waals surface area contributed by atoms with Crippen LogP contribution >= 0.6 is 11.6 Å². The highest BCUT2D eigenvalue weighted by molar-refractivity contribution is 6.30. The number of benzene rings is 2. The molecule has 0 spiro atoms.